The number of carbonyl (C=O) groups is 1. The molecule has 0 bridgehead atoms. The topological polar surface area (TPSA) is 107 Å². The van der Waals surface area contributed by atoms with Crippen LogP contribution in [0.3, 0.4) is 0 Å². The number of rotatable bonds is 6. The molecule has 4 rings (SSSR count). The fourth-order valence-electron chi connectivity index (χ4n) is 3.27. The maximum absolute atomic E-state index is 12.9. The standard InChI is InChI=1S/C24H20ClN3O5S/c1-15-3-8-19(9-4-15)27-34(31,32)21-11-17(6-5-16(21)2)24(30)33-14-20-12-23(29)28-13-18(25)7-10-22(28)26-20/h3-13,27H,14H2,1-2H3. The molecule has 10 heteroatoms. The first-order valence-electron chi connectivity index (χ1n) is 10.2. The third-order valence-corrected chi connectivity index (χ3v) is 6.79. The number of aromatic nitrogens is 2. The van der Waals surface area contributed by atoms with E-state index in [4.69, 9.17) is 16.3 Å². The first-order chi connectivity index (χ1) is 16.1. The monoisotopic (exact) mass is 497 g/mol. The van der Waals surface area contributed by atoms with E-state index < -0.39 is 16.0 Å². The number of carbonyl (C=O) groups excluding carboxylic acids is 1. The Kier molecular flexibility index (Phi) is 6.41. The molecule has 1 N–H and O–H groups in total. The molecule has 0 spiro atoms. The lowest BCUT2D eigenvalue weighted by Crippen LogP contribution is -2.17. The van der Waals surface area contributed by atoms with E-state index in [1.54, 1.807) is 43.3 Å². The van der Waals surface area contributed by atoms with Crippen LogP contribution < -0.4 is 10.3 Å². The Morgan fingerprint density at radius 2 is 1.79 bits per heavy atom. The van der Waals surface area contributed by atoms with Crippen LogP contribution >= 0.6 is 11.6 Å². The summed E-state index contributed by atoms with van der Waals surface area (Å²) < 4.78 is 34.9. The van der Waals surface area contributed by atoms with Crippen LogP contribution in [0.15, 0.2) is 76.6 Å². The highest BCUT2D eigenvalue weighted by Gasteiger charge is 2.20. The van der Waals surface area contributed by atoms with E-state index in [1.807, 2.05) is 6.92 Å². The highest BCUT2D eigenvalue weighted by atomic mass is 35.5. The number of nitrogens with zero attached hydrogens (tertiary/aromatic N) is 2. The highest BCUT2D eigenvalue weighted by Crippen LogP contribution is 2.22. The first-order valence-corrected chi connectivity index (χ1v) is 12.0. The van der Waals surface area contributed by atoms with Crippen molar-refractivity contribution < 1.29 is 17.9 Å². The molecule has 34 heavy (non-hydrogen) atoms. The smallest absolute Gasteiger partial charge is 0.338 e. The molecular weight excluding hydrogens is 478 g/mol. The van der Waals surface area contributed by atoms with E-state index in [9.17, 15) is 18.0 Å². The molecule has 174 valence electrons. The van der Waals surface area contributed by atoms with E-state index in [0.717, 1.165) is 5.56 Å². The third kappa shape index (κ3) is 5.11. The minimum Gasteiger partial charge on any atom is -0.456 e. The van der Waals surface area contributed by atoms with Gasteiger partial charge in [0.15, 0.2) is 0 Å². The second kappa shape index (κ2) is 9.28. The van der Waals surface area contributed by atoms with Gasteiger partial charge in [0.2, 0.25) is 0 Å². The summed E-state index contributed by atoms with van der Waals surface area (Å²) in [6.45, 7) is 3.28. The van der Waals surface area contributed by atoms with E-state index in [2.05, 4.69) is 9.71 Å². The van der Waals surface area contributed by atoms with Crippen molar-refractivity contribution >= 4 is 38.9 Å². The molecule has 0 atom stereocenters. The number of fused-ring (bicyclic) bond motifs is 1. The van der Waals surface area contributed by atoms with Gasteiger partial charge in [-0.25, -0.2) is 18.2 Å². The van der Waals surface area contributed by atoms with Crippen molar-refractivity contribution in [1.29, 1.82) is 0 Å². The average molecular weight is 498 g/mol. The molecule has 0 aliphatic carbocycles. The summed E-state index contributed by atoms with van der Waals surface area (Å²) >= 11 is 5.90. The predicted octanol–water partition coefficient (Wildman–Crippen LogP) is 4.12. The molecule has 0 aliphatic rings. The number of esters is 1. The molecule has 0 unspecified atom stereocenters. The molecule has 2 aromatic heterocycles. The van der Waals surface area contributed by atoms with Crippen molar-refractivity contribution in [2.45, 2.75) is 25.3 Å². The SMILES string of the molecule is Cc1ccc(NS(=O)(=O)c2cc(C(=O)OCc3cc(=O)n4cc(Cl)ccc4n3)ccc2C)cc1. The van der Waals surface area contributed by atoms with Crippen LogP contribution in [0.25, 0.3) is 5.65 Å². The van der Waals surface area contributed by atoms with Crippen molar-refractivity contribution in [1.82, 2.24) is 9.38 Å². The number of halogens is 1. The Hall–Kier alpha value is -3.69. The Balaban J connectivity index is 1.53. The molecule has 0 saturated heterocycles. The van der Waals surface area contributed by atoms with Gasteiger partial charge in [0.1, 0.15) is 12.3 Å². The van der Waals surface area contributed by atoms with Gasteiger partial charge in [-0.1, -0.05) is 35.4 Å². The summed E-state index contributed by atoms with van der Waals surface area (Å²) in [7, 11) is -3.94. The number of hydrogen-bond donors (Lipinski definition) is 1. The highest BCUT2D eigenvalue weighted by molar-refractivity contribution is 7.92. The predicted molar refractivity (Wildman–Crippen MR) is 129 cm³/mol. The quantitative estimate of drug-likeness (QED) is 0.401. The van der Waals surface area contributed by atoms with E-state index in [0.29, 0.717) is 21.9 Å². The molecule has 0 radical (unpaired) electrons. The number of benzene rings is 2. The largest absolute Gasteiger partial charge is 0.456 e. The molecule has 8 nitrogen and oxygen atoms in total. The Labute approximate surface area is 200 Å². The molecule has 0 amide bonds. The zero-order chi connectivity index (χ0) is 24.5. The second-order valence-electron chi connectivity index (χ2n) is 7.69. The molecule has 0 fully saturated rings. The number of anilines is 1. The maximum atomic E-state index is 12.9. The maximum Gasteiger partial charge on any atom is 0.338 e. The molecule has 2 aromatic carbocycles. The summed E-state index contributed by atoms with van der Waals surface area (Å²) in [6, 6.07) is 15.6. The van der Waals surface area contributed by atoms with Gasteiger partial charge in [-0.2, -0.15) is 0 Å². The van der Waals surface area contributed by atoms with Crippen LogP contribution in [0, 0.1) is 13.8 Å². The van der Waals surface area contributed by atoms with Crippen molar-refractivity contribution in [3.05, 3.63) is 105 Å². The van der Waals surface area contributed by atoms with Gasteiger partial charge in [0.05, 0.1) is 21.2 Å². The summed E-state index contributed by atoms with van der Waals surface area (Å²) in [5.41, 5.74) is 2.17. The number of aryl methyl sites for hydroxylation is 2. The van der Waals surface area contributed by atoms with Crippen LogP contribution in [0.2, 0.25) is 5.02 Å². The van der Waals surface area contributed by atoms with Crippen LogP contribution in [0.4, 0.5) is 5.69 Å². The summed E-state index contributed by atoms with van der Waals surface area (Å²) in [5, 5.41) is 0.387. The van der Waals surface area contributed by atoms with Crippen LogP contribution in [0.1, 0.15) is 27.2 Å². The number of sulfonamides is 1. The molecule has 0 aliphatic heterocycles. The number of pyridine rings is 1. The van der Waals surface area contributed by atoms with Crippen molar-refractivity contribution in [2.24, 2.45) is 0 Å². The van der Waals surface area contributed by atoms with Gasteiger partial charge >= 0.3 is 5.97 Å². The second-order valence-corrected chi connectivity index (χ2v) is 9.78. The lowest BCUT2D eigenvalue weighted by Gasteiger charge is -2.12. The van der Waals surface area contributed by atoms with Gasteiger partial charge in [-0.05, 0) is 55.8 Å². The lowest BCUT2D eigenvalue weighted by atomic mass is 10.1. The van der Waals surface area contributed by atoms with Crippen molar-refractivity contribution in [3.63, 3.8) is 0 Å². The minimum atomic E-state index is -3.94. The van der Waals surface area contributed by atoms with Crippen molar-refractivity contribution in [3.8, 4) is 0 Å². The Morgan fingerprint density at radius 1 is 1.06 bits per heavy atom. The normalized spacial score (nSPS) is 11.4. The molecule has 0 saturated carbocycles. The molecular formula is C24H20ClN3O5S. The molecule has 4 aromatic rings. The van der Waals surface area contributed by atoms with Crippen LogP contribution in [-0.2, 0) is 21.4 Å². The number of ether oxygens (including phenoxy) is 1. The number of nitrogens with one attached hydrogen (secondary N) is 1. The zero-order valence-electron chi connectivity index (χ0n) is 18.3. The fourth-order valence-corrected chi connectivity index (χ4v) is 4.76. The van der Waals surface area contributed by atoms with Gasteiger partial charge in [-0.3, -0.25) is 13.9 Å². The van der Waals surface area contributed by atoms with E-state index >= 15 is 0 Å². The Bertz CT molecular complexity index is 1560. The van der Waals surface area contributed by atoms with Gasteiger partial charge in [-0.15, -0.1) is 0 Å². The summed E-state index contributed by atoms with van der Waals surface area (Å²) in [5.74, 6) is -0.745. The van der Waals surface area contributed by atoms with Crippen molar-refractivity contribution in [2.75, 3.05) is 4.72 Å². The lowest BCUT2D eigenvalue weighted by molar-refractivity contribution is 0.0467. The summed E-state index contributed by atoms with van der Waals surface area (Å²) in [6.07, 6.45) is 1.45. The van der Waals surface area contributed by atoms with E-state index in [1.165, 1.54) is 34.9 Å². The van der Waals surface area contributed by atoms with Gasteiger partial charge < -0.3 is 4.74 Å². The average Bonchev–Trinajstić information content (AvgIpc) is 2.79. The van der Waals surface area contributed by atoms with Gasteiger partial charge in [0, 0.05) is 18.0 Å². The first kappa shape index (κ1) is 23.5. The zero-order valence-corrected chi connectivity index (χ0v) is 19.9. The number of hydrogen-bond acceptors (Lipinski definition) is 6. The minimum absolute atomic E-state index is 0.0403. The molecule has 2 heterocycles. The summed E-state index contributed by atoms with van der Waals surface area (Å²) in [4.78, 5) is 29.2. The van der Waals surface area contributed by atoms with Crippen LogP contribution in [0.5, 0.6) is 0 Å². The Morgan fingerprint density at radius 3 is 2.53 bits per heavy atom. The van der Waals surface area contributed by atoms with Crippen LogP contribution in [-0.4, -0.2) is 23.8 Å². The third-order valence-electron chi connectivity index (χ3n) is 5.04. The fraction of sp³-hybridized carbons (Fsp3) is 0.125. The van der Waals surface area contributed by atoms with E-state index in [-0.39, 0.29) is 28.3 Å². The van der Waals surface area contributed by atoms with Gasteiger partial charge in [0.25, 0.3) is 15.6 Å².